The van der Waals surface area contributed by atoms with Crippen molar-refractivity contribution in [3.63, 3.8) is 0 Å². The van der Waals surface area contributed by atoms with Crippen LogP contribution in [0.1, 0.15) is 41.8 Å². The second-order valence-corrected chi connectivity index (χ2v) is 5.09. The van der Waals surface area contributed by atoms with Gasteiger partial charge in [0.1, 0.15) is 11.3 Å². The summed E-state index contributed by atoms with van der Waals surface area (Å²) in [6, 6.07) is 3.39. The number of aliphatic carboxylic acids is 1. The lowest BCUT2D eigenvalue weighted by molar-refractivity contribution is -0.143. The van der Waals surface area contributed by atoms with Gasteiger partial charge in [-0.2, -0.15) is 0 Å². The Morgan fingerprint density at radius 2 is 1.80 bits per heavy atom. The molecule has 20 heavy (non-hydrogen) atoms. The first kappa shape index (κ1) is 16.0. The van der Waals surface area contributed by atoms with Crippen LogP contribution in [0.15, 0.2) is 12.1 Å². The van der Waals surface area contributed by atoms with E-state index in [1.54, 1.807) is 26.2 Å². The van der Waals surface area contributed by atoms with Crippen molar-refractivity contribution in [2.45, 2.75) is 39.7 Å². The molecular formula is C15H21NO4. The zero-order valence-corrected chi connectivity index (χ0v) is 12.5. The second-order valence-electron chi connectivity index (χ2n) is 5.09. The van der Waals surface area contributed by atoms with E-state index in [-0.39, 0.29) is 0 Å². The van der Waals surface area contributed by atoms with Gasteiger partial charge in [-0.15, -0.1) is 0 Å². The molecule has 0 radical (unpaired) electrons. The molecule has 1 aromatic rings. The first-order chi connectivity index (χ1) is 9.25. The third kappa shape index (κ3) is 3.10. The standard InChI is InChI=1S/C15H21NO4/c1-6-15(4,14(18)19)16-13(17)11-7-9(2)12(20-5)10(3)8-11/h7-8H,6H2,1-5H3,(H,16,17)(H,18,19). The first-order valence-corrected chi connectivity index (χ1v) is 6.46. The zero-order valence-electron chi connectivity index (χ0n) is 12.5. The molecule has 5 nitrogen and oxygen atoms in total. The molecule has 0 saturated carbocycles. The van der Waals surface area contributed by atoms with Crippen molar-refractivity contribution in [1.29, 1.82) is 0 Å². The van der Waals surface area contributed by atoms with E-state index in [0.29, 0.717) is 12.0 Å². The van der Waals surface area contributed by atoms with Crippen molar-refractivity contribution in [2.75, 3.05) is 7.11 Å². The highest BCUT2D eigenvalue weighted by Crippen LogP contribution is 2.24. The Bertz CT molecular complexity index is 516. The van der Waals surface area contributed by atoms with Crippen molar-refractivity contribution in [3.8, 4) is 5.75 Å². The molecule has 0 aliphatic rings. The molecule has 0 aliphatic heterocycles. The number of hydrogen-bond donors (Lipinski definition) is 2. The predicted molar refractivity (Wildman–Crippen MR) is 76.3 cm³/mol. The van der Waals surface area contributed by atoms with Crippen LogP contribution in [0.3, 0.4) is 0 Å². The van der Waals surface area contributed by atoms with Crippen LogP contribution >= 0.6 is 0 Å². The molecule has 0 heterocycles. The predicted octanol–water partition coefficient (Wildman–Crippen LogP) is 2.30. The Kier molecular flexibility index (Phi) is 4.76. The maximum absolute atomic E-state index is 12.2. The third-order valence-electron chi connectivity index (χ3n) is 3.50. The van der Waals surface area contributed by atoms with Gasteiger partial charge in [-0.05, 0) is 50.5 Å². The van der Waals surface area contributed by atoms with Crippen LogP contribution < -0.4 is 10.1 Å². The third-order valence-corrected chi connectivity index (χ3v) is 3.50. The highest BCUT2D eigenvalue weighted by molar-refractivity contribution is 5.98. The lowest BCUT2D eigenvalue weighted by atomic mass is 9.97. The zero-order chi connectivity index (χ0) is 15.5. The Balaban J connectivity index is 3.08. The number of carbonyl (C=O) groups is 2. The van der Waals surface area contributed by atoms with E-state index in [9.17, 15) is 14.7 Å². The minimum atomic E-state index is -1.27. The molecule has 2 N–H and O–H groups in total. The minimum Gasteiger partial charge on any atom is -0.496 e. The molecule has 5 heteroatoms. The van der Waals surface area contributed by atoms with Gasteiger partial charge in [0.05, 0.1) is 7.11 Å². The van der Waals surface area contributed by atoms with Crippen LogP contribution in [-0.4, -0.2) is 29.6 Å². The number of benzene rings is 1. The van der Waals surface area contributed by atoms with Gasteiger partial charge in [-0.25, -0.2) is 4.79 Å². The van der Waals surface area contributed by atoms with Crippen molar-refractivity contribution >= 4 is 11.9 Å². The summed E-state index contributed by atoms with van der Waals surface area (Å²) in [5.41, 5.74) is 0.845. The fraction of sp³-hybridized carbons (Fsp3) is 0.467. The lowest BCUT2D eigenvalue weighted by Gasteiger charge is -2.25. The number of carbonyl (C=O) groups excluding carboxylic acids is 1. The molecule has 1 amide bonds. The summed E-state index contributed by atoms with van der Waals surface area (Å²) in [5, 5.41) is 11.8. The van der Waals surface area contributed by atoms with Crippen molar-refractivity contribution < 1.29 is 19.4 Å². The molecular weight excluding hydrogens is 258 g/mol. The maximum Gasteiger partial charge on any atom is 0.329 e. The average molecular weight is 279 g/mol. The monoisotopic (exact) mass is 279 g/mol. The Morgan fingerprint density at radius 3 is 2.15 bits per heavy atom. The first-order valence-electron chi connectivity index (χ1n) is 6.46. The van der Waals surface area contributed by atoms with Crippen LogP contribution in [0.5, 0.6) is 5.75 Å². The Labute approximate surface area is 118 Å². The molecule has 0 aliphatic carbocycles. The van der Waals surface area contributed by atoms with E-state index in [1.807, 2.05) is 13.8 Å². The molecule has 110 valence electrons. The lowest BCUT2D eigenvalue weighted by Crippen LogP contribution is -2.51. The molecule has 0 fully saturated rings. The van der Waals surface area contributed by atoms with Crippen molar-refractivity contribution in [2.24, 2.45) is 0 Å². The summed E-state index contributed by atoms with van der Waals surface area (Å²) in [7, 11) is 1.58. The molecule has 0 saturated heterocycles. The highest BCUT2D eigenvalue weighted by Gasteiger charge is 2.33. The van der Waals surface area contributed by atoms with Gasteiger partial charge in [0.2, 0.25) is 0 Å². The summed E-state index contributed by atoms with van der Waals surface area (Å²) >= 11 is 0. The number of carboxylic acids is 1. The summed E-state index contributed by atoms with van der Waals surface area (Å²) in [6.45, 7) is 6.91. The van der Waals surface area contributed by atoms with Crippen molar-refractivity contribution in [1.82, 2.24) is 5.32 Å². The molecule has 0 spiro atoms. The van der Waals surface area contributed by atoms with Crippen molar-refractivity contribution in [3.05, 3.63) is 28.8 Å². The maximum atomic E-state index is 12.2. The van der Waals surface area contributed by atoms with E-state index in [4.69, 9.17) is 4.74 Å². The number of methoxy groups -OCH3 is 1. The Morgan fingerprint density at radius 1 is 1.30 bits per heavy atom. The van der Waals surface area contributed by atoms with Crippen LogP contribution in [0, 0.1) is 13.8 Å². The smallest absolute Gasteiger partial charge is 0.329 e. The number of aryl methyl sites for hydroxylation is 2. The molecule has 0 aromatic heterocycles. The van der Waals surface area contributed by atoms with Crippen LogP contribution in [0.2, 0.25) is 0 Å². The summed E-state index contributed by atoms with van der Waals surface area (Å²) < 4.78 is 5.24. The van der Waals surface area contributed by atoms with Crippen LogP contribution in [-0.2, 0) is 4.79 Å². The van der Waals surface area contributed by atoms with Gasteiger partial charge in [0.25, 0.3) is 5.91 Å². The van der Waals surface area contributed by atoms with Gasteiger partial charge < -0.3 is 15.2 Å². The SMILES string of the molecule is CCC(C)(NC(=O)c1cc(C)c(OC)c(C)c1)C(=O)O. The largest absolute Gasteiger partial charge is 0.496 e. The normalized spacial score (nSPS) is 13.4. The fourth-order valence-corrected chi connectivity index (χ4v) is 2.02. The van der Waals surface area contributed by atoms with Crippen LogP contribution in [0.4, 0.5) is 0 Å². The molecule has 1 atom stereocenters. The number of ether oxygens (including phenoxy) is 1. The second kappa shape index (κ2) is 5.94. The molecule has 1 unspecified atom stereocenters. The molecule has 1 aromatic carbocycles. The number of rotatable bonds is 5. The minimum absolute atomic E-state index is 0.308. The molecule has 1 rings (SSSR count). The number of nitrogens with one attached hydrogen (secondary N) is 1. The summed E-state index contributed by atoms with van der Waals surface area (Å²) in [4.78, 5) is 23.4. The quantitative estimate of drug-likeness (QED) is 0.867. The van der Waals surface area contributed by atoms with Gasteiger partial charge in [-0.3, -0.25) is 4.79 Å². The number of amides is 1. The van der Waals surface area contributed by atoms with Crippen LogP contribution in [0.25, 0.3) is 0 Å². The summed E-state index contributed by atoms with van der Waals surface area (Å²) in [6.07, 6.45) is 0.308. The summed E-state index contributed by atoms with van der Waals surface area (Å²) in [5.74, 6) is -0.709. The Hall–Kier alpha value is -2.04. The van der Waals surface area contributed by atoms with E-state index in [0.717, 1.165) is 16.9 Å². The van der Waals surface area contributed by atoms with E-state index >= 15 is 0 Å². The van der Waals surface area contributed by atoms with E-state index in [1.165, 1.54) is 6.92 Å². The molecule has 0 bridgehead atoms. The van der Waals surface area contributed by atoms with E-state index in [2.05, 4.69) is 5.32 Å². The van der Waals surface area contributed by atoms with Gasteiger partial charge in [-0.1, -0.05) is 6.92 Å². The average Bonchev–Trinajstić information content (AvgIpc) is 2.37. The van der Waals surface area contributed by atoms with Gasteiger partial charge >= 0.3 is 5.97 Å². The number of hydrogen-bond acceptors (Lipinski definition) is 3. The fourth-order valence-electron chi connectivity index (χ4n) is 2.02. The topological polar surface area (TPSA) is 75.6 Å². The number of carboxylic acid groups (broad SMARTS) is 1. The highest BCUT2D eigenvalue weighted by atomic mass is 16.5. The van der Waals surface area contributed by atoms with E-state index < -0.39 is 17.4 Å². The van der Waals surface area contributed by atoms with Gasteiger partial charge in [0.15, 0.2) is 0 Å². The van der Waals surface area contributed by atoms with Gasteiger partial charge in [0, 0.05) is 5.56 Å².